The molecule has 0 saturated heterocycles. The quantitative estimate of drug-likeness (QED) is 0.398. The van der Waals surface area contributed by atoms with E-state index in [2.05, 4.69) is 10.3 Å². The van der Waals surface area contributed by atoms with Crippen LogP contribution in [-0.2, 0) is 19.7 Å². The first-order valence-electron chi connectivity index (χ1n) is 10.3. The molecule has 1 rings (SSSR count). The number of rotatable bonds is 13. The van der Waals surface area contributed by atoms with E-state index in [-0.39, 0.29) is 24.3 Å². The third kappa shape index (κ3) is 9.25. The van der Waals surface area contributed by atoms with Crippen molar-refractivity contribution in [3.05, 3.63) is 18.7 Å². The molecule has 0 fully saturated rings. The Bertz CT molecular complexity index is 790. The highest BCUT2D eigenvalue weighted by Crippen LogP contribution is 2.29. The van der Waals surface area contributed by atoms with E-state index in [1.807, 2.05) is 31.5 Å². The molecule has 0 aliphatic heterocycles. The van der Waals surface area contributed by atoms with Gasteiger partial charge in [-0.1, -0.05) is 20.8 Å². The van der Waals surface area contributed by atoms with Crippen LogP contribution in [0.5, 0.6) is 0 Å². The van der Waals surface area contributed by atoms with Gasteiger partial charge in [-0.2, -0.15) is 8.42 Å². The molecule has 0 radical (unpaired) electrons. The zero-order chi connectivity index (χ0) is 23.1. The molecule has 30 heavy (non-hydrogen) atoms. The number of hydrogen-bond acceptors (Lipinski definition) is 5. The van der Waals surface area contributed by atoms with Gasteiger partial charge < -0.3 is 15.6 Å². The fraction of sp³-hybridized carbons (Fsp3) is 0.750. The van der Waals surface area contributed by atoms with Crippen molar-refractivity contribution >= 4 is 21.9 Å². The number of aromatic nitrogens is 2. The molecule has 0 saturated carbocycles. The lowest BCUT2D eigenvalue weighted by atomic mass is 9.83. The van der Waals surface area contributed by atoms with Crippen LogP contribution in [0.4, 0.5) is 0 Å². The largest absolute Gasteiger partial charge is 0.369 e. The molecule has 0 spiro atoms. The number of nitrogens with two attached hydrogens (primary N) is 1. The maximum atomic E-state index is 13.0. The first-order chi connectivity index (χ1) is 13.7. The highest BCUT2D eigenvalue weighted by atomic mass is 32.2. The van der Waals surface area contributed by atoms with Gasteiger partial charge in [0.25, 0.3) is 10.1 Å². The molecule has 3 unspecified atom stereocenters. The summed E-state index contributed by atoms with van der Waals surface area (Å²) in [5.41, 5.74) is 4.53. The molecule has 0 aliphatic carbocycles. The fourth-order valence-electron chi connectivity index (χ4n) is 3.79. The third-order valence-electron chi connectivity index (χ3n) is 5.08. The Labute approximate surface area is 179 Å². The van der Waals surface area contributed by atoms with Crippen LogP contribution in [0, 0.1) is 17.8 Å². The summed E-state index contributed by atoms with van der Waals surface area (Å²) in [7, 11) is -4.25. The summed E-state index contributed by atoms with van der Waals surface area (Å²) < 4.78 is 33.6. The van der Waals surface area contributed by atoms with Crippen LogP contribution in [0.25, 0.3) is 0 Å². The van der Waals surface area contributed by atoms with Crippen LogP contribution in [0.1, 0.15) is 66.3 Å². The average Bonchev–Trinajstić information content (AvgIpc) is 3.08. The summed E-state index contributed by atoms with van der Waals surface area (Å²) in [4.78, 5) is 29.2. The molecule has 1 aromatic heterocycles. The first-order valence-corrected chi connectivity index (χ1v) is 11.9. The van der Waals surface area contributed by atoms with Crippen molar-refractivity contribution in [1.29, 1.82) is 0 Å². The van der Waals surface area contributed by atoms with Crippen molar-refractivity contribution in [2.45, 2.75) is 71.9 Å². The molecule has 10 heteroatoms. The van der Waals surface area contributed by atoms with E-state index in [0.29, 0.717) is 12.8 Å². The summed E-state index contributed by atoms with van der Waals surface area (Å²) >= 11 is 0. The Kier molecular flexibility index (Phi) is 9.48. The molecular weight excluding hydrogens is 408 g/mol. The van der Waals surface area contributed by atoms with Gasteiger partial charge in [-0.15, -0.1) is 0 Å². The van der Waals surface area contributed by atoms with Crippen molar-refractivity contribution in [3.8, 4) is 0 Å². The monoisotopic (exact) mass is 444 g/mol. The smallest absolute Gasteiger partial charge is 0.267 e. The number of carbonyl (C=O) groups is 2. The average molecular weight is 445 g/mol. The van der Waals surface area contributed by atoms with Crippen LogP contribution in [-0.4, -0.2) is 45.6 Å². The summed E-state index contributed by atoms with van der Waals surface area (Å²) in [5, 5.41) is 2.71. The molecule has 4 N–H and O–H groups in total. The molecule has 0 bridgehead atoms. The SMILES string of the molecule is CCC(CC(CC(CC(C)C)C(=O)NC(C)(C)CS(=O)(=O)O)C(N)=O)n1ccnc1. The Hall–Kier alpha value is -1.94. The van der Waals surface area contributed by atoms with E-state index in [4.69, 9.17) is 10.3 Å². The van der Waals surface area contributed by atoms with Crippen LogP contribution >= 0.6 is 0 Å². The van der Waals surface area contributed by atoms with Gasteiger partial charge in [0.05, 0.1) is 17.6 Å². The molecular formula is C20H36N4O5S. The van der Waals surface area contributed by atoms with Crippen molar-refractivity contribution in [2.75, 3.05) is 5.75 Å². The summed E-state index contributed by atoms with van der Waals surface area (Å²) in [6, 6.07) is 0.0312. The van der Waals surface area contributed by atoms with Gasteiger partial charge in [0, 0.05) is 30.3 Å². The number of amides is 2. The Morgan fingerprint density at radius 2 is 1.83 bits per heavy atom. The Morgan fingerprint density at radius 1 is 1.20 bits per heavy atom. The van der Waals surface area contributed by atoms with Gasteiger partial charge in [-0.25, -0.2) is 4.98 Å². The minimum atomic E-state index is -4.25. The van der Waals surface area contributed by atoms with Crippen molar-refractivity contribution in [3.63, 3.8) is 0 Å². The van der Waals surface area contributed by atoms with Crippen LogP contribution in [0.2, 0.25) is 0 Å². The van der Waals surface area contributed by atoms with Gasteiger partial charge in [-0.05, 0) is 45.4 Å². The summed E-state index contributed by atoms with van der Waals surface area (Å²) in [5.74, 6) is -2.25. The van der Waals surface area contributed by atoms with Gasteiger partial charge in [0.2, 0.25) is 11.8 Å². The summed E-state index contributed by atoms with van der Waals surface area (Å²) in [6.45, 7) is 9.02. The molecule has 2 amide bonds. The minimum absolute atomic E-state index is 0.0312. The van der Waals surface area contributed by atoms with E-state index in [1.165, 1.54) is 13.8 Å². The highest BCUT2D eigenvalue weighted by Gasteiger charge is 2.33. The molecule has 172 valence electrons. The van der Waals surface area contributed by atoms with Crippen LogP contribution in [0.15, 0.2) is 18.7 Å². The van der Waals surface area contributed by atoms with Gasteiger partial charge >= 0.3 is 0 Å². The number of nitrogens with zero attached hydrogens (tertiary/aromatic N) is 2. The lowest BCUT2D eigenvalue weighted by molar-refractivity contribution is -0.129. The maximum absolute atomic E-state index is 13.0. The van der Waals surface area contributed by atoms with E-state index in [9.17, 15) is 18.0 Å². The number of nitrogens with one attached hydrogen (secondary N) is 1. The summed E-state index contributed by atoms with van der Waals surface area (Å²) in [6.07, 6.45) is 7.27. The predicted octanol–water partition coefficient (Wildman–Crippen LogP) is 2.16. The normalized spacial score (nSPS) is 15.6. The highest BCUT2D eigenvalue weighted by molar-refractivity contribution is 7.85. The van der Waals surface area contributed by atoms with Crippen molar-refractivity contribution in [2.24, 2.45) is 23.5 Å². The molecule has 1 aromatic rings. The lowest BCUT2D eigenvalue weighted by Crippen LogP contribution is -2.50. The molecule has 0 aliphatic rings. The van der Waals surface area contributed by atoms with E-state index in [0.717, 1.165) is 6.42 Å². The standard InChI is InChI=1S/C20H36N4O5S/c1-6-17(24-8-7-22-13-24)11-15(18(21)25)10-16(9-14(2)3)19(26)23-20(4,5)12-30(27,28)29/h7-8,13-17H,6,9-12H2,1-5H3,(H2,21,25)(H,23,26)(H,27,28,29). The van der Waals surface area contributed by atoms with Crippen LogP contribution < -0.4 is 11.1 Å². The number of imidazole rings is 1. The first kappa shape index (κ1) is 26.1. The van der Waals surface area contributed by atoms with E-state index in [1.54, 1.807) is 12.5 Å². The molecule has 9 nitrogen and oxygen atoms in total. The van der Waals surface area contributed by atoms with Gasteiger partial charge in [-0.3, -0.25) is 14.1 Å². The fourth-order valence-corrected chi connectivity index (χ4v) is 4.78. The third-order valence-corrected chi connectivity index (χ3v) is 6.16. The minimum Gasteiger partial charge on any atom is -0.369 e. The Balaban J connectivity index is 2.98. The topological polar surface area (TPSA) is 144 Å². The molecule has 1 heterocycles. The number of carbonyl (C=O) groups excluding carboxylic acids is 2. The van der Waals surface area contributed by atoms with Gasteiger partial charge in [0.15, 0.2) is 0 Å². The van der Waals surface area contributed by atoms with Crippen molar-refractivity contribution < 1.29 is 22.6 Å². The van der Waals surface area contributed by atoms with Crippen molar-refractivity contribution in [1.82, 2.24) is 14.9 Å². The number of hydrogen-bond donors (Lipinski definition) is 3. The number of primary amides is 1. The van der Waals surface area contributed by atoms with E-state index >= 15 is 0 Å². The second kappa shape index (κ2) is 10.9. The predicted molar refractivity (Wildman–Crippen MR) is 115 cm³/mol. The van der Waals surface area contributed by atoms with E-state index < -0.39 is 39.2 Å². The maximum Gasteiger partial charge on any atom is 0.267 e. The lowest BCUT2D eigenvalue weighted by Gasteiger charge is -2.30. The zero-order valence-corrected chi connectivity index (χ0v) is 19.4. The Morgan fingerprint density at radius 3 is 2.27 bits per heavy atom. The van der Waals surface area contributed by atoms with Crippen LogP contribution in [0.3, 0.4) is 0 Å². The molecule has 3 atom stereocenters. The second-order valence-electron chi connectivity index (χ2n) is 9.07. The zero-order valence-electron chi connectivity index (χ0n) is 18.5. The second-order valence-corrected chi connectivity index (χ2v) is 10.5. The molecule has 0 aromatic carbocycles. The van der Waals surface area contributed by atoms with Gasteiger partial charge in [0.1, 0.15) is 0 Å².